The van der Waals surface area contributed by atoms with Gasteiger partial charge < -0.3 is 23.5 Å². The van der Waals surface area contributed by atoms with Crippen LogP contribution in [0.25, 0.3) is 22.4 Å². The zero-order valence-corrected chi connectivity index (χ0v) is 28.6. The van der Waals surface area contributed by atoms with Gasteiger partial charge in [0, 0.05) is 31.4 Å². The number of nitrogens with one attached hydrogen (secondary N) is 1. The van der Waals surface area contributed by atoms with Gasteiger partial charge in [-0.2, -0.15) is 13.2 Å². The van der Waals surface area contributed by atoms with E-state index in [0.717, 1.165) is 90.0 Å². The fourth-order valence-electron chi connectivity index (χ4n) is 5.94. The fraction of sp³-hybridized carbons (Fsp3) is 0.342. The molecule has 2 heterocycles. The Kier molecular flexibility index (Phi) is 11.5. The number of alkyl halides is 3. The molecule has 1 saturated heterocycles. The molecule has 0 saturated carbocycles. The second-order valence-electron chi connectivity index (χ2n) is 12.0. The van der Waals surface area contributed by atoms with Gasteiger partial charge in [0.15, 0.2) is 19.9 Å². The minimum absolute atomic E-state index is 0.0853. The average molecular weight is 692 g/mol. The van der Waals surface area contributed by atoms with E-state index in [4.69, 9.17) is 18.5 Å². The van der Waals surface area contributed by atoms with E-state index in [0.29, 0.717) is 31.2 Å². The van der Waals surface area contributed by atoms with Gasteiger partial charge in [-0.1, -0.05) is 54.6 Å². The number of imidazole rings is 1. The number of H-pyrrole nitrogens is 1. The number of para-hydroxylation sites is 2. The molecule has 0 atom stereocenters. The normalized spacial score (nSPS) is 14.5. The predicted molar refractivity (Wildman–Crippen MR) is 187 cm³/mol. The molecule has 11 heteroatoms. The first kappa shape index (κ1) is 34.9. The Labute approximate surface area is 286 Å². The Hall–Kier alpha value is -3.95. The van der Waals surface area contributed by atoms with Crippen molar-refractivity contribution in [3.8, 4) is 22.9 Å². The van der Waals surface area contributed by atoms with Crippen LogP contribution < -0.4 is 9.47 Å². The number of halogens is 3. The van der Waals surface area contributed by atoms with Crippen LogP contribution in [0.4, 0.5) is 13.2 Å². The highest BCUT2D eigenvalue weighted by Crippen LogP contribution is 2.42. The van der Waals surface area contributed by atoms with Gasteiger partial charge in [0.05, 0.1) is 29.8 Å². The number of hydrogen-bond acceptors (Lipinski definition) is 6. The van der Waals surface area contributed by atoms with E-state index in [1.54, 1.807) is 0 Å². The number of nitrogens with zero attached hydrogens (tertiary/aromatic N) is 2. The van der Waals surface area contributed by atoms with Gasteiger partial charge in [0.1, 0.15) is 18.5 Å². The lowest BCUT2D eigenvalue weighted by Crippen LogP contribution is -2.37. The van der Waals surface area contributed by atoms with Crippen molar-refractivity contribution in [3.05, 3.63) is 113 Å². The first-order valence-electron chi connectivity index (χ1n) is 16.7. The molecule has 7 nitrogen and oxygen atoms in total. The maximum atomic E-state index is 13.0. The molecule has 49 heavy (non-hydrogen) atoms. The third-order valence-corrected chi connectivity index (χ3v) is 10.1. The predicted octanol–water partition coefficient (Wildman–Crippen LogP) is 9.76. The van der Waals surface area contributed by atoms with Gasteiger partial charge in [-0.3, -0.25) is 4.90 Å². The van der Waals surface area contributed by atoms with Crippen LogP contribution in [0.1, 0.15) is 48.9 Å². The highest BCUT2D eigenvalue weighted by atomic mass is 31.2. The zero-order chi connectivity index (χ0) is 34.2. The van der Waals surface area contributed by atoms with E-state index in [2.05, 4.69) is 45.2 Å². The van der Waals surface area contributed by atoms with Crippen LogP contribution in [0.15, 0.2) is 91.0 Å². The lowest BCUT2D eigenvalue weighted by atomic mass is 10.1. The number of aromatic nitrogens is 2. The number of rotatable bonds is 14. The highest BCUT2D eigenvalue weighted by Gasteiger charge is 2.30. The Morgan fingerprint density at radius 1 is 0.816 bits per heavy atom. The molecule has 0 radical (unpaired) electrons. The van der Waals surface area contributed by atoms with Gasteiger partial charge in [0.25, 0.3) is 0 Å². The Morgan fingerprint density at radius 2 is 1.53 bits per heavy atom. The summed E-state index contributed by atoms with van der Waals surface area (Å²) in [5, 5.41) is 0. The summed E-state index contributed by atoms with van der Waals surface area (Å²) in [5.41, 5.74) is 4.95. The average Bonchev–Trinajstić information content (AvgIpc) is 3.53. The topological polar surface area (TPSA) is 68.8 Å². The van der Waals surface area contributed by atoms with Gasteiger partial charge in [-0.15, -0.1) is 0 Å². The lowest BCUT2D eigenvalue weighted by Gasteiger charge is -2.32. The van der Waals surface area contributed by atoms with Crippen LogP contribution in [-0.4, -0.2) is 47.3 Å². The minimum atomic E-state index is -4.37. The molecule has 4 aromatic carbocycles. The van der Waals surface area contributed by atoms with Crippen LogP contribution in [0.3, 0.4) is 0 Å². The van der Waals surface area contributed by atoms with Crippen molar-refractivity contribution in [1.29, 1.82) is 0 Å². The Balaban J connectivity index is 1.01. The standard InChI is InChI=1S/C38H41F3N3O4P/c1-3-46-49(47-4-2)26-29-9-7-8-28(22-29)25-45-35-10-5-6-11-36(35)48-32-18-20-44(21-19-32)24-27-12-17-33-34(23-27)43-37(42-33)30-13-15-31(16-14-30)38(39,40)41/h5-17,22-23,32H,3-4,18-21,24-26H2,1-2H3,(H,42,43). The van der Waals surface area contributed by atoms with Crippen molar-refractivity contribution < 1.29 is 31.7 Å². The maximum Gasteiger partial charge on any atom is 0.416 e. The molecule has 1 aliphatic heterocycles. The van der Waals surface area contributed by atoms with Crippen molar-refractivity contribution >= 4 is 19.4 Å². The first-order valence-corrected chi connectivity index (χ1v) is 18.0. The number of benzene rings is 4. The van der Waals surface area contributed by atoms with Crippen LogP contribution in [0.5, 0.6) is 11.5 Å². The molecule has 1 N–H and O–H groups in total. The molecule has 258 valence electrons. The molecule has 6 rings (SSSR count). The lowest BCUT2D eigenvalue weighted by molar-refractivity contribution is -0.137. The van der Waals surface area contributed by atoms with Crippen molar-refractivity contribution in [2.24, 2.45) is 0 Å². The van der Waals surface area contributed by atoms with Crippen LogP contribution in [-0.2, 0) is 34.5 Å². The largest absolute Gasteiger partial charge is 0.486 e. The Morgan fingerprint density at radius 3 is 2.24 bits per heavy atom. The van der Waals surface area contributed by atoms with E-state index in [1.807, 2.05) is 50.2 Å². The van der Waals surface area contributed by atoms with Crippen molar-refractivity contribution in [1.82, 2.24) is 14.9 Å². The van der Waals surface area contributed by atoms with Crippen molar-refractivity contribution in [2.45, 2.75) is 58.3 Å². The van der Waals surface area contributed by atoms with E-state index in [1.165, 1.54) is 12.1 Å². The fourth-order valence-corrected chi connectivity index (χ4v) is 7.27. The smallest absolute Gasteiger partial charge is 0.416 e. The van der Waals surface area contributed by atoms with Gasteiger partial charge in [0.2, 0.25) is 0 Å². The summed E-state index contributed by atoms with van der Waals surface area (Å²) in [6.07, 6.45) is -1.75. The van der Waals surface area contributed by atoms with E-state index in [-0.39, 0.29) is 6.10 Å². The molecular formula is C38H41F3N3O4P. The quantitative estimate of drug-likeness (QED) is 0.117. The van der Waals surface area contributed by atoms with Crippen LogP contribution >= 0.6 is 8.38 Å². The van der Waals surface area contributed by atoms with E-state index < -0.39 is 20.1 Å². The summed E-state index contributed by atoms with van der Waals surface area (Å²) in [4.78, 5) is 10.3. The maximum absolute atomic E-state index is 13.0. The summed E-state index contributed by atoms with van der Waals surface area (Å²) >= 11 is 0. The molecule has 1 aromatic heterocycles. The van der Waals surface area contributed by atoms with Crippen LogP contribution in [0, 0.1) is 0 Å². The third kappa shape index (κ3) is 9.40. The summed E-state index contributed by atoms with van der Waals surface area (Å²) in [6, 6.07) is 27.3. The Bertz CT molecular complexity index is 1800. The molecule has 0 amide bonds. The molecule has 1 fully saturated rings. The summed E-state index contributed by atoms with van der Waals surface area (Å²) in [7, 11) is -0.949. The van der Waals surface area contributed by atoms with Gasteiger partial charge >= 0.3 is 6.18 Å². The zero-order valence-electron chi connectivity index (χ0n) is 27.7. The number of ether oxygens (including phenoxy) is 2. The summed E-state index contributed by atoms with van der Waals surface area (Å²) in [6.45, 7) is 8.24. The third-order valence-electron chi connectivity index (χ3n) is 8.36. The molecule has 0 spiro atoms. The molecule has 0 unspecified atom stereocenters. The van der Waals surface area contributed by atoms with Crippen LogP contribution in [0.2, 0.25) is 0 Å². The summed E-state index contributed by atoms with van der Waals surface area (Å²) in [5.74, 6) is 2.03. The molecule has 1 aliphatic rings. The van der Waals surface area contributed by atoms with Crippen molar-refractivity contribution in [2.75, 3.05) is 26.3 Å². The van der Waals surface area contributed by atoms with Gasteiger partial charge in [-0.05, 0) is 79.8 Å². The SMILES string of the molecule is CCOP(Cc1cccc(COc2ccccc2OC2CCN(Cc3ccc4nc(-c5ccc(C(F)(F)F)cc5)[nH]c4c3)CC2)c1)OCC. The number of likely N-dealkylation sites (tertiary alicyclic amines) is 1. The molecule has 0 bridgehead atoms. The molecular weight excluding hydrogens is 650 g/mol. The molecule has 5 aromatic rings. The summed E-state index contributed by atoms with van der Waals surface area (Å²) < 4.78 is 63.2. The number of aromatic amines is 1. The second kappa shape index (κ2) is 16.2. The van der Waals surface area contributed by atoms with E-state index >= 15 is 0 Å². The van der Waals surface area contributed by atoms with E-state index in [9.17, 15) is 13.2 Å². The van der Waals surface area contributed by atoms with Crippen molar-refractivity contribution in [3.63, 3.8) is 0 Å². The van der Waals surface area contributed by atoms with Gasteiger partial charge in [-0.25, -0.2) is 4.98 Å². The number of fused-ring (bicyclic) bond motifs is 1. The first-order chi connectivity index (χ1) is 23.8. The number of hydrogen-bond donors (Lipinski definition) is 1. The molecule has 0 aliphatic carbocycles. The monoisotopic (exact) mass is 691 g/mol. The minimum Gasteiger partial charge on any atom is -0.486 e. The number of piperidine rings is 1. The second-order valence-corrected chi connectivity index (χ2v) is 13.5. The highest BCUT2D eigenvalue weighted by molar-refractivity contribution is 7.46.